The Labute approximate surface area is 211 Å². The minimum atomic E-state index is -0.448. The third-order valence-corrected chi connectivity index (χ3v) is 7.60. The number of aliphatic hydroxyl groups excluding tert-OH is 1. The summed E-state index contributed by atoms with van der Waals surface area (Å²) in [5.74, 6) is 1.11. The summed E-state index contributed by atoms with van der Waals surface area (Å²) in [5.41, 5.74) is 0. The lowest BCUT2D eigenvalue weighted by molar-refractivity contribution is -0.180. The Bertz CT molecular complexity index is 644. The number of piperidine rings is 2. The first-order chi connectivity index (χ1) is 17.0. The lowest BCUT2D eigenvalue weighted by atomic mass is 9.79. The van der Waals surface area contributed by atoms with Crippen LogP contribution in [0.25, 0.3) is 0 Å². The van der Waals surface area contributed by atoms with Crippen LogP contribution in [0.5, 0.6) is 0 Å². The minimum Gasteiger partial charge on any atom is -0.459 e. The molecule has 0 spiro atoms. The van der Waals surface area contributed by atoms with Crippen molar-refractivity contribution in [2.45, 2.75) is 71.6 Å². The third-order valence-electron chi connectivity index (χ3n) is 7.60. The summed E-state index contributed by atoms with van der Waals surface area (Å²) in [7, 11) is 0. The summed E-state index contributed by atoms with van der Waals surface area (Å²) in [6.07, 6.45) is 8.44. The maximum absolute atomic E-state index is 13.5. The van der Waals surface area contributed by atoms with Gasteiger partial charge in [0, 0.05) is 38.3 Å². The molecule has 3 atom stereocenters. The monoisotopic (exact) mass is 496 g/mol. The fourth-order valence-electron chi connectivity index (χ4n) is 5.67. The molecule has 2 saturated heterocycles. The van der Waals surface area contributed by atoms with Crippen LogP contribution in [0, 0.1) is 17.8 Å². The first kappa shape index (κ1) is 28.4. The van der Waals surface area contributed by atoms with Crippen LogP contribution in [0.15, 0.2) is 11.8 Å². The second-order valence-electron chi connectivity index (χ2n) is 10.3. The van der Waals surface area contributed by atoms with Gasteiger partial charge in [-0.2, -0.15) is 0 Å². The second kappa shape index (κ2) is 15.2. The van der Waals surface area contributed by atoms with Crippen molar-refractivity contribution in [3.8, 4) is 0 Å². The molecule has 8 heteroatoms. The van der Waals surface area contributed by atoms with Crippen molar-refractivity contribution < 1.29 is 28.8 Å². The highest BCUT2D eigenvalue weighted by molar-refractivity contribution is 5.91. The van der Waals surface area contributed by atoms with Crippen molar-refractivity contribution in [1.29, 1.82) is 0 Å². The molecule has 0 unspecified atom stereocenters. The molecule has 0 aromatic carbocycles. The van der Waals surface area contributed by atoms with E-state index in [1.54, 1.807) is 0 Å². The Morgan fingerprint density at radius 3 is 2.37 bits per heavy atom. The highest BCUT2D eigenvalue weighted by atomic mass is 16.7. The molecule has 3 rings (SSSR count). The minimum absolute atomic E-state index is 0.00757. The summed E-state index contributed by atoms with van der Waals surface area (Å²) in [6.45, 7) is 12.8. The van der Waals surface area contributed by atoms with E-state index in [-0.39, 0.29) is 24.3 Å². The van der Waals surface area contributed by atoms with Gasteiger partial charge < -0.3 is 33.9 Å². The molecule has 0 bridgehead atoms. The zero-order valence-electron chi connectivity index (χ0n) is 22.2. The lowest BCUT2D eigenvalue weighted by Crippen LogP contribution is -2.49. The quantitative estimate of drug-likeness (QED) is 0.393. The number of rotatable bonds is 13. The largest absolute Gasteiger partial charge is 0.459 e. The van der Waals surface area contributed by atoms with E-state index in [1.807, 2.05) is 17.9 Å². The maximum atomic E-state index is 13.5. The molecule has 0 aromatic heterocycles. The van der Waals surface area contributed by atoms with E-state index < -0.39 is 6.29 Å². The summed E-state index contributed by atoms with van der Waals surface area (Å²) in [4.78, 5) is 18.1. The van der Waals surface area contributed by atoms with E-state index in [4.69, 9.17) is 24.1 Å². The van der Waals surface area contributed by atoms with Crippen molar-refractivity contribution in [3.63, 3.8) is 0 Å². The molecular weight excluding hydrogens is 448 g/mol. The fourth-order valence-corrected chi connectivity index (χ4v) is 5.67. The number of hydrogen-bond donors (Lipinski definition) is 1. The average Bonchev–Trinajstić information content (AvgIpc) is 2.88. The van der Waals surface area contributed by atoms with Gasteiger partial charge in [-0.1, -0.05) is 20.3 Å². The smallest absolute Gasteiger partial charge is 0.288 e. The van der Waals surface area contributed by atoms with Crippen LogP contribution in [0.3, 0.4) is 0 Å². The zero-order chi connectivity index (χ0) is 25.0. The third kappa shape index (κ3) is 8.42. The molecule has 0 aliphatic carbocycles. The van der Waals surface area contributed by atoms with E-state index in [2.05, 4.69) is 18.7 Å². The Morgan fingerprint density at radius 2 is 1.74 bits per heavy atom. The maximum Gasteiger partial charge on any atom is 0.288 e. The van der Waals surface area contributed by atoms with Crippen LogP contribution >= 0.6 is 0 Å². The van der Waals surface area contributed by atoms with Gasteiger partial charge in [-0.25, -0.2) is 0 Å². The highest BCUT2D eigenvalue weighted by Gasteiger charge is 2.40. The number of carbonyl (C=O) groups is 1. The molecule has 0 saturated carbocycles. The van der Waals surface area contributed by atoms with E-state index in [0.717, 1.165) is 32.4 Å². The number of amides is 1. The van der Waals surface area contributed by atoms with Gasteiger partial charge >= 0.3 is 0 Å². The molecule has 202 valence electrons. The van der Waals surface area contributed by atoms with Crippen LogP contribution < -0.4 is 0 Å². The van der Waals surface area contributed by atoms with E-state index >= 15 is 0 Å². The summed E-state index contributed by atoms with van der Waals surface area (Å²) in [5, 5.41) is 8.78. The summed E-state index contributed by atoms with van der Waals surface area (Å²) >= 11 is 0. The van der Waals surface area contributed by atoms with Crippen LogP contribution in [-0.2, 0) is 23.7 Å². The molecule has 3 aliphatic heterocycles. The molecular formula is C27H48N2O6. The van der Waals surface area contributed by atoms with E-state index in [9.17, 15) is 4.79 Å². The van der Waals surface area contributed by atoms with Crippen molar-refractivity contribution >= 4 is 5.91 Å². The van der Waals surface area contributed by atoms with E-state index in [0.29, 0.717) is 50.8 Å². The topological polar surface area (TPSA) is 80.7 Å². The zero-order valence-corrected chi connectivity index (χ0v) is 22.2. The first-order valence-corrected chi connectivity index (χ1v) is 13.8. The fraction of sp³-hybridized carbons (Fsp3) is 0.889. The number of allylic oxidation sites excluding steroid dienone is 1. The van der Waals surface area contributed by atoms with Crippen molar-refractivity contribution in [3.05, 3.63) is 11.8 Å². The van der Waals surface area contributed by atoms with Crippen LogP contribution in [0.2, 0.25) is 0 Å². The van der Waals surface area contributed by atoms with Crippen molar-refractivity contribution in [2.75, 3.05) is 65.8 Å². The molecule has 35 heavy (non-hydrogen) atoms. The van der Waals surface area contributed by atoms with Crippen molar-refractivity contribution in [2.24, 2.45) is 17.8 Å². The first-order valence-electron chi connectivity index (χ1n) is 13.8. The molecule has 8 nitrogen and oxygen atoms in total. The van der Waals surface area contributed by atoms with E-state index in [1.165, 1.54) is 32.4 Å². The normalized spacial score (nSPS) is 26.6. The van der Waals surface area contributed by atoms with Gasteiger partial charge in [0.1, 0.15) is 0 Å². The number of carbonyl (C=O) groups excluding carboxylic acids is 1. The SMILES string of the molecule is CCO[C@H]1OC(C(=O)N2CCC(N3CCCCC3)CC2)=C[C@@H](C(C)C)[C@@H]1CCOCCOCCO. The van der Waals surface area contributed by atoms with Gasteiger partial charge in [-0.15, -0.1) is 0 Å². The number of aliphatic hydroxyl groups is 1. The molecule has 0 aromatic rings. The van der Waals surface area contributed by atoms with Crippen LogP contribution in [-0.4, -0.2) is 99.0 Å². The predicted octanol–water partition coefficient (Wildman–Crippen LogP) is 3.04. The van der Waals surface area contributed by atoms with Gasteiger partial charge in [0.2, 0.25) is 6.29 Å². The van der Waals surface area contributed by atoms with Gasteiger partial charge in [0.05, 0.1) is 26.4 Å². The van der Waals surface area contributed by atoms with Gasteiger partial charge in [0.25, 0.3) is 5.91 Å². The number of ether oxygens (including phenoxy) is 4. The number of nitrogens with zero attached hydrogens (tertiary/aromatic N) is 2. The Hall–Kier alpha value is -1.19. The molecule has 3 heterocycles. The summed E-state index contributed by atoms with van der Waals surface area (Å²) in [6, 6.07) is 0.610. The molecule has 1 N–H and O–H groups in total. The standard InChI is InChI=1S/C27H48N2O6/c1-4-34-27-23(10-16-32-18-19-33-17-15-30)24(21(2)3)20-25(35-27)26(31)29-13-8-22(9-14-29)28-11-6-5-7-12-28/h20-24,27,30H,4-19H2,1-3H3/t23-,24-,27-/m0/s1. The molecule has 0 radical (unpaired) electrons. The summed E-state index contributed by atoms with van der Waals surface area (Å²) < 4.78 is 23.2. The van der Waals surface area contributed by atoms with Crippen LogP contribution in [0.1, 0.15) is 59.3 Å². The highest BCUT2D eigenvalue weighted by Crippen LogP contribution is 2.37. The van der Waals surface area contributed by atoms with Gasteiger partial charge in [0.15, 0.2) is 5.76 Å². The molecule has 3 aliphatic rings. The Balaban J connectivity index is 1.56. The lowest BCUT2D eigenvalue weighted by Gasteiger charge is -2.42. The Morgan fingerprint density at radius 1 is 1.06 bits per heavy atom. The van der Waals surface area contributed by atoms with Gasteiger partial charge in [-0.3, -0.25) is 4.79 Å². The number of hydrogen-bond acceptors (Lipinski definition) is 7. The molecule has 2 fully saturated rings. The Kier molecular flexibility index (Phi) is 12.3. The van der Waals surface area contributed by atoms with Crippen molar-refractivity contribution in [1.82, 2.24) is 9.80 Å². The second-order valence-corrected chi connectivity index (χ2v) is 10.3. The average molecular weight is 497 g/mol. The van der Waals surface area contributed by atoms with Crippen LogP contribution in [0.4, 0.5) is 0 Å². The number of likely N-dealkylation sites (tertiary alicyclic amines) is 2. The predicted molar refractivity (Wildman–Crippen MR) is 135 cm³/mol. The molecule has 1 amide bonds. The van der Waals surface area contributed by atoms with Gasteiger partial charge in [-0.05, 0) is 70.0 Å².